The van der Waals surface area contributed by atoms with Crippen LogP contribution in [0.2, 0.25) is 0 Å². The van der Waals surface area contributed by atoms with Gasteiger partial charge in [0.25, 0.3) is 0 Å². The second-order valence-electron chi connectivity index (χ2n) is 5.33. The monoisotopic (exact) mass is 239 g/mol. The molecule has 0 unspecified atom stereocenters. The van der Waals surface area contributed by atoms with Gasteiger partial charge in [0.05, 0.1) is 6.61 Å². The minimum Gasteiger partial charge on any atom is -0.395 e. The van der Waals surface area contributed by atoms with Gasteiger partial charge in [-0.05, 0) is 6.92 Å². The third-order valence-corrected chi connectivity index (χ3v) is 3.16. The van der Waals surface area contributed by atoms with E-state index < -0.39 is 0 Å². The molecule has 1 saturated heterocycles. The molecule has 0 amide bonds. The van der Waals surface area contributed by atoms with E-state index in [0.29, 0.717) is 6.04 Å². The zero-order valence-electron chi connectivity index (χ0n) is 10.7. The maximum Gasteiger partial charge on any atom is 0.244 e. The Bertz CT molecular complexity index is 376. The van der Waals surface area contributed by atoms with E-state index in [1.807, 2.05) is 13.8 Å². The number of hydrogen-bond acceptors (Lipinski definition) is 5. The average molecular weight is 239 g/mol. The van der Waals surface area contributed by atoms with Crippen LogP contribution in [0, 0.1) is 0 Å². The van der Waals surface area contributed by atoms with Gasteiger partial charge in [-0.1, -0.05) is 13.8 Å². The lowest BCUT2D eigenvalue weighted by atomic mass is 9.94. The Morgan fingerprint density at radius 1 is 1.53 bits per heavy atom. The molecule has 3 N–H and O–H groups in total. The van der Waals surface area contributed by atoms with E-state index in [4.69, 9.17) is 0 Å². The van der Waals surface area contributed by atoms with Crippen molar-refractivity contribution in [1.82, 2.24) is 20.5 Å². The molecule has 96 valence electrons. The molecule has 0 aliphatic carbocycles. The highest BCUT2D eigenvalue weighted by Gasteiger charge is 2.26. The second kappa shape index (κ2) is 4.62. The lowest BCUT2D eigenvalue weighted by molar-refractivity contribution is 0.212. The molecule has 1 atom stereocenters. The van der Waals surface area contributed by atoms with Crippen molar-refractivity contribution in [3.8, 4) is 0 Å². The number of nitrogens with zero attached hydrogens (tertiary/aromatic N) is 3. The highest BCUT2D eigenvalue weighted by Crippen LogP contribution is 2.20. The van der Waals surface area contributed by atoms with E-state index in [9.17, 15) is 5.11 Å². The van der Waals surface area contributed by atoms with Gasteiger partial charge in [-0.2, -0.15) is 4.98 Å². The number of nitrogens with one attached hydrogen (secondary N) is 2. The number of aromatic amines is 1. The van der Waals surface area contributed by atoms with E-state index in [-0.39, 0.29) is 12.0 Å². The standard InChI is InChI=1S/C11H21N5O/c1-8-6-16(5-4-12-8)10-13-9(14-15-10)11(2,3)7-17/h8,12,17H,4-7H2,1-3H3,(H,13,14,15)/t8-/m1/s1. The fraction of sp³-hybridized carbons (Fsp3) is 0.818. The van der Waals surface area contributed by atoms with Crippen molar-refractivity contribution in [3.05, 3.63) is 5.82 Å². The zero-order valence-corrected chi connectivity index (χ0v) is 10.7. The Morgan fingerprint density at radius 2 is 2.29 bits per heavy atom. The molecule has 0 spiro atoms. The average Bonchev–Trinajstić information content (AvgIpc) is 2.79. The Balaban J connectivity index is 2.12. The van der Waals surface area contributed by atoms with Gasteiger partial charge in [0, 0.05) is 31.1 Å². The lowest BCUT2D eigenvalue weighted by Crippen LogP contribution is -2.49. The number of piperazine rings is 1. The quantitative estimate of drug-likeness (QED) is 0.685. The first-order valence-electron chi connectivity index (χ1n) is 6.05. The highest BCUT2D eigenvalue weighted by atomic mass is 16.3. The summed E-state index contributed by atoms with van der Waals surface area (Å²) in [6.07, 6.45) is 0. The molecule has 6 nitrogen and oxygen atoms in total. The first-order valence-corrected chi connectivity index (χ1v) is 6.05. The van der Waals surface area contributed by atoms with E-state index in [2.05, 4.69) is 32.3 Å². The number of anilines is 1. The predicted molar refractivity (Wildman–Crippen MR) is 66.2 cm³/mol. The van der Waals surface area contributed by atoms with Crippen molar-refractivity contribution in [3.63, 3.8) is 0 Å². The maximum atomic E-state index is 9.30. The first-order chi connectivity index (χ1) is 8.03. The number of aromatic nitrogens is 3. The lowest BCUT2D eigenvalue weighted by Gasteiger charge is -2.30. The summed E-state index contributed by atoms with van der Waals surface area (Å²) in [5.41, 5.74) is -0.370. The second-order valence-corrected chi connectivity index (χ2v) is 5.33. The fourth-order valence-electron chi connectivity index (χ4n) is 1.89. The number of rotatable bonds is 3. The van der Waals surface area contributed by atoms with Gasteiger partial charge in [0.15, 0.2) is 0 Å². The van der Waals surface area contributed by atoms with Crippen LogP contribution in [0.5, 0.6) is 0 Å². The van der Waals surface area contributed by atoms with Crippen molar-refractivity contribution in [2.45, 2.75) is 32.2 Å². The minimum absolute atomic E-state index is 0.0552. The van der Waals surface area contributed by atoms with Crippen molar-refractivity contribution in [2.75, 3.05) is 31.1 Å². The van der Waals surface area contributed by atoms with Gasteiger partial charge in [0.2, 0.25) is 5.95 Å². The van der Waals surface area contributed by atoms with Gasteiger partial charge in [-0.3, -0.25) is 5.10 Å². The molecular weight excluding hydrogens is 218 g/mol. The van der Waals surface area contributed by atoms with Gasteiger partial charge < -0.3 is 15.3 Å². The Kier molecular flexibility index (Phi) is 3.35. The third kappa shape index (κ3) is 2.58. The zero-order chi connectivity index (χ0) is 12.5. The van der Waals surface area contributed by atoms with Crippen molar-refractivity contribution >= 4 is 5.95 Å². The van der Waals surface area contributed by atoms with Crippen molar-refractivity contribution in [2.24, 2.45) is 0 Å². The Hall–Kier alpha value is -1.14. The van der Waals surface area contributed by atoms with E-state index in [1.165, 1.54) is 0 Å². The third-order valence-electron chi connectivity index (χ3n) is 3.16. The summed E-state index contributed by atoms with van der Waals surface area (Å²) in [7, 11) is 0. The predicted octanol–water partition coefficient (Wildman–Crippen LogP) is -0.127. The molecule has 1 aliphatic heterocycles. The molecule has 2 rings (SSSR count). The van der Waals surface area contributed by atoms with Gasteiger partial charge in [-0.15, -0.1) is 5.10 Å². The first kappa shape index (κ1) is 12.3. The smallest absolute Gasteiger partial charge is 0.244 e. The summed E-state index contributed by atoms with van der Waals surface area (Å²) in [5.74, 6) is 1.47. The van der Waals surface area contributed by atoms with Crippen LogP contribution in [0.25, 0.3) is 0 Å². The number of aliphatic hydroxyl groups excluding tert-OH is 1. The largest absolute Gasteiger partial charge is 0.395 e. The van der Waals surface area contributed by atoms with E-state index in [1.54, 1.807) is 0 Å². The fourth-order valence-corrected chi connectivity index (χ4v) is 1.89. The molecular formula is C11H21N5O. The van der Waals surface area contributed by atoms with Crippen LogP contribution < -0.4 is 10.2 Å². The molecule has 1 fully saturated rings. The summed E-state index contributed by atoms with van der Waals surface area (Å²) < 4.78 is 0. The summed E-state index contributed by atoms with van der Waals surface area (Å²) >= 11 is 0. The van der Waals surface area contributed by atoms with Crippen LogP contribution in [-0.4, -0.2) is 52.6 Å². The molecule has 1 aliphatic rings. The molecule has 17 heavy (non-hydrogen) atoms. The SMILES string of the molecule is C[C@@H]1CN(c2n[nH]c(C(C)(C)CO)n2)CCN1. The molecule has 0 saturated carbocycles. The van der Waals surface area contributed by atoms with Gasteiger partial charge in [-0.25, -0.2) is 0 Å². The van der Waals surface area contributed by atoms with Crippen LogP contribution >= 0.6 is 0 Å². The topological polar surface area (TPSA) is 77.1 Å². The molecule has 0 radical (unpaired) electrons. The van der Waals surface area contributed by atoms with Crippen molar-refractivity contribution < 1.29 is 5.11 Å². The normalized spacial score (nSPS) is 21.9. The number of aliphatic hydroxyl groups is 1. The molecule has 6 heteroatoms. The highest BCUT2D eigenvalue weighted by molar-refractivity contribution is 5.31. The van der Waals surface area contributed by atoms with Crippen LogP contribution in [0.15, 0.2) is 0 Å². The number of hydrogen-bond donors (Lipinski definition) is 3. The summed E-state index contributed by atoms with van der Waals surface area (Å²) in [6.45, 7) is 8.87. The van der Waals surface area contributed by atoms with Gasteiger partial charge >= 0.3 is 0 Å². The summed E-state index contributed by atoms with van der Waals surface area (Å²) in [5, 5.41) is 19.8. The molecule has 0 bridgehead atoms. The van der Waals surface area contributed by atoms with Crippen molar-refractivity contribution in [1.29, 1.82) is 0 Å². The molecule has 0 aromatic carbocycles. The summed E-state index contributed by atoms with van der Waals surface area (Å²) in [4.78, 5) is 6.64. The van der Waals surface area contributed by atoms with E-state index in [0.717, 1.165) is 31.4 Å². The Morgan fingerprint density at radius 3 is 2.94 bits per heavy atom. The minimum atomic E-state index is -0.370. The maximum absolute atomic E-state index is 9.30. The molecule has 2 heterocycles. The van der Waals surface area contributed by atoms with Crippen LogP contribution in [-0.2, 0) is 5.41 Å². The molecule has 1 aromatic heterocycles. The number of H-pyrrole nitrogens is 1. The van der Waals surface area contributed by atoms with E-state index >= 15 is 0 Å². The summed E-state index contributed by atoms with van der Waals surface area (Å²) in [6, 6.07) is 0.455. The molecule has 1 aromatic rings. The van der Waals surface area contributed by atoms with Crippen LogP contribution in [0.1, 0.15) is 26.6 Å². The Labute approximate surface area is 101 Å². The van der Waals surface area contributed by atoms with Crippen LogP contribution in [0.4, 0.5) is 5.95 Å². The van der Waals surface area contributed by atoms with Gasteiger partial charge in [0.1, 0.15) is 5.82 Å². The van der Waals surface area contributed by atoms with Crippen LogP contribution in [0.3, 0.4) is 0 Å².